The lowest BCUT2D eigenvalue weighted by molar-refractivity contribution is 0.421. The Hall–Kier alpha value is -1.64. The van der Waals surface area contributed by atoms with Crippen LogP contribution in [0.5, 0.6) is 0 Å². The lowest BCUT2D eigenvalue weighted by atomic mass is 10.1. The number of sulfonamides is 1. The van der Waals surface area contributed by atoms with Gasteiger partial charge in [-0.1, -0.05) is 11.6 Å². The van der Waals surface area contributed by atoms with Crippen molar-refractivity contribution >= 4 is 27.4 Å². The first-order chi connectivity index (χ1) is 10.3. The minimum Gasteiger partial charge on any atom is -0.383 e. The summed E-state index contributed by atoms with van der Waals surface area (Å²) >= 11 is 5.81. The van der Waals surface area contributed by atoms with Gasteiger partial charge in [-0.2, -0.15) is 0 Å². The minimum atomic E-state index is -3.76. The van der Waals surface area contributed by atoms with Crippen molar-refractivity contribution in [3.8, 4) is 0 Å². The molecule has 1 aliphatic heterocycles. The predicted molar refractivity (Wildman–Crippen MR) is 83.1 cm³/mol. The number of anilines is 1. The Balaban J connectivity index is 1.82. The smallest absolute Gasteiger partial charge is 0.244 e. The van der Waals surface area contributed by atoms with Crippen LogP contribution in [-0.2, 0) is 23.0 Å². The van der Waals surface area contributed by atoms with Gasteiger partial charge in [0.15, 0.2) is 0 Å². The Morgan fingerprint density at radius 1 is 1.50 bits per heavy atom. The fourth-order valence-corrected chi connectivity index (χ4v) is 4.20. The third-order valence-corrected chi connectivity index (χ3v) is 5.33. The van der Waals surface area contributed by atoms with Crippen LogP contribution in [0.25, 0.3) is 0 Å². The molecule has 0 aromatic carbocycles. The highest BCUT2D eigenvalue weighted by molar-refractivity contribution is 7.89. The van der Waals surface area contributed by atoms with Gasteiger partial charge < -0.3 is 10.3 Å². The topological polar surface area (TPSA) is 103 Å². The average Bonchev–Trinajstić information content (AvgIpc) is 2.80. The van der Waals surface area contributed by atoms with Gasteiger partial charge in [-0.15, -0.1) is 0 Å². The number of rotatable bonds is 3. The maximum atomic E-state index is 12.5. The van der Waals surface area contributed by atoms with Crippen LogP contribution in [-0.4, -0.2) is 29.0 Å². The molecular weight excluding hydrogens is 326 g/mol. The van der Waals surface area contributed by atoms with E-state index in [1.54, 1.807) is 0 Å². The first-order valence-electron chi connectivity index (χ1n) is 6.81. The highest BCUT2D eigenvalue weighted by atomic mass is 35.5. The fourth-order valence-electron chi connectivity index (χ4n) is 2.61. The Labute approximate surface area is 133 Å². The molecule has 118 valence electrons. The molecule has 3 rings (SSSR count). The zero-order chi connectivity index (χ0) is 15.9. The molecule has 1 atom stereocenters. The summed E-state index contributed by atoms with van der Waals surface area (Å²) in [6.45, 7) is 2.46. The van der Waals surface area contributed by atoms with E-state index in [9.17, 15) is 8.42 Å². The Morgan fingerprint density at radius 3 is 3.05 bits per heavy atom. The summed E-state index contributed by atoms with van der Waals surface area (Å²) in [5.41, 5.74) is 6.59. The molecule has 0 spiro atoms. The van der Waals surface area contributed by atoms with Crippen molar-refractivity contribution in [2.75, 3.05) is 5.73 Å². The van der Waals surface area contributed by atoms with Crippen molar-refractivity contribution in [2.45, 2.75) is 37.2 Å². The second kappa shape index (κ2) is 5.53. The van der Waals surface area contributed by atoms with E-state index in [0.29, 0.717) is 13.0 Å². The molecule has 0 fully saturated rings. The van der Waals surface area contributed by atoms with Gasteiger partial charge in [0.1, 0.15) is 16.5 Å². The maximum Gasteiger partial charge on any atom is 0.244 e. The van der Waals surface area contributed by atoms with Gasteiger partial charge in [0.05, 0.1) is 10.7 Å². The second-order valence-corrected chi connectivity index (χ2v) is 7.46. The molecule has 0 saturated carbocycles. The van der Waals surface area contributed by atoms with Crippen molar-refractivity contribution in [1.29, 1.82) is 0 Å². The first-order valence-corrected chi connectivity index (χ1v) is 8.67. The third-order valence-electron chi connectivity index (χ3n) is 3.57. The van der Waals surface area contributed by atoms with E-state index in [4.69, 9.17) is 17.3 Å². The molecule has 0 aliphatic carbocycles. The molecule has 3 N–H and O–H groups in total. The van der Waals surface area contributed by atoms with E-state index in [1.165, 1.54) is 12.3 Å². The van der Waals surface area contributed by atoms with Gasteiger partial charge in [0.2, 0.25) is 10.0 Å². The van der Waals surface area contributed by atoms with Crippen LogP contribution < -0.4 is 10.5 Å². The summed E-state index contributed by atoms with van der Waals surface area (Å²) in [5.74, 6) is 0.920. The molecule has 1 aliphatic rings. The van der Waals surface area contributed by atoms with Gasteiger partial charge in [-0.3, -0.25) is 0 Å². The van der Waals surface area contributed by atoms with Crippen molar-refractivity contribution in [3.05, 3.63) is 35.0 Å². The summed E-state index contributed by atoms with van der Waals surface area (Å²) in [5, 5.41) is 0.228. The van der Waals surface area contributed by atoms with E-state index in [-0.39, 0.29) is 21.8 Å². The van der Waals surface area contributed by atoms with Crippen LogP contribution >= 0.6 is 11.6 Å². The zero-order valence-corrected chi connectivity index (χ0v) is 13.5. The van der Waals surface area contributed by atoms with E-state index < -0.39 is 10.0 Å². The van der Waals surface area contributed by atoms with E-state index in [0.717, 1.165) is 17.9 Å². The summed E-state index contributed by atoms with van der Waals surface area (Å²) in [4.78, 5) is 8.10. The monoisotopic (exact) mass is 341 g/mol. The Kier molecular flexibility index (Phi) is 3.84. The average molecular weight is 342 g/mol. The van der Waals surface area contributed by atoms with Crippen molar-refractivity contribution in [1.82, 2.24) is 19.3 Å². The van der Waals surface area contributed by atoms with E-state index in [1.807, 2.05) is 17.7 Å². The maximum absolute atomic E-state index is 12.5. The molecule has 2 aromatic rings. The SMILES string of the molecule is Cc1cn2c(n1)CC[C@@H](NS(=O)(=O)c1cc(Cl)cnc1N)C2. The van der Waals surface area contributed by atoms with Crippen LogP contribution in [0.3, 0.4) is 0 Å². The first kappa shape index (κ1) is 15.3. The molecule has 0 unspecified atom stereocenters. The molecular formula is C13H16ClN5O2S. The second-order valence-electron chi connectivity index (χ2n) is 5.34. The van der Waals surface area contributed by atoms with E-state index in [2.05, 4.69) is 14.7 Å². The molecule has 0 saturated heterocycles. The lowest BCUT2D eigenvalue weighted by Crippen LogP contribution is -2.41. The largest absolute Gasteiger partial charge is 0.383 e. The summed E-state index contributed by atoms with van der Waals surface area (Å²) < 4.78 is 29.6. The third kappa shape index (κ3) is 2.94. The number of nitrogen functional groups attached to an aromatic ring is 1. The van der Waals surface area contributed by atoms with Gasteiger partial charge >= 0.3 is 0 Å². The normalized spacial score (nSPS) is 18.2. The molecule has 0 amide bonds. The van der Waals surface area contributed by atoms with E-state index >= 15 is 0 Å². The Morgan fingerprint density at radius 2 is 2.27 bits per heavy atom. The highest BCUT2D eigenvalue weighted by Gasteiger charge is 2.26. The number of hydrogen-bond acceptors (Lipinski definition) is 5. The van der Waals surface area contributed by atoms with Crippen LogP contribution in [0.4, 0.5) is 5.82 Å². The molecule has 2 aromatic heterocycles. The van der Waals surface area contributed by atoms with Gasteiger partial charge in [0, 0.05) is 31.4 Å². The molecule has 0 radical (unpaired) electrons. The number of nitrogens with zero attached hydrogens (tertiary/aromatic N) is 3. The summed E-state index contributed by atoms with van der Waals surface area (Å²) in [7, 11) is -3.76. The molecule has 7 nitrogen and oxygen atoms in total. The number of aryl methyl sites for hydroxylation is 2. The quantitative estimate of drug-likeness (QED) is 0.870. The van der Waals surface area contributed by atoms with Crippen molar-refractivity contribution in [3.63, 3.8) is 0 Å². The number of nitrogens with two attached hydrogens (primary N) is 1. The predicted octanol–water partition coefficient (Wildman–Crippen LogP) is 1.12. The molecule has 22 heavy (non-hydrogen) atoms. The number of aromatic nitrogens is 3. The number of nitrogens with one attached hydrogen (secondary N) is 1. The fraction of sp³-hybridized carbons (Fsp3) is 0.385. The highest BCUT2D eigenvalue weighted by Crippen LogP contribution is 2.22. The number of halogens is 1. The molecule has 0 bridgehead atoms. The zero-order valence-electron chi connectivity index (χ0n) is 12.0. The van der Waals surface area contributed by atoms with Gasteiger partial charge in [-0.05, 0) is 19.4 Å². The standard InChI is InChI=1S/C13H16ClN5O2S/c1-8-6-19-7-10(2-3-12(19)17-8)18-22(20,21)11-4-9(14)5-16-13(11)15/h4-6,10,18H,2-3,7H2,1H3,(H2,15,16)/t10-/m1/s1. The van der Waals surface area contributed by atoms with Gasteiger partial charge in [-0.25, -0.2) is 23.1 Å². The van der Waals surface area contributed by atoms with Crippen molar-refractivity contribution < 1.29 is 8.42 Å². The summed E-state index contributed by atoms with van der Waals surface area (Å²) in [6.07, 6.45) is 4.65. The van der Waals surface area contributed by atoms with Crippen LogP contribution in [0.15, 0.2) is 23.4 Å². The Bertz CT molecular complexity index is 818. The van der Waals surface area contributed by atoms with Gasteiger partial charge in [0.25, 0.3) is 0 Å². The number of hydrogen-bond donors (Lipinski definition) is 2. The number of fused-ring (bicyclic) bond motifs is 1. The summed E-state index contributed by atoms with van der Waals surface area (Å²) in [6, 6.07) is 1.09. The number of pyridine rings is 1. The minimum absolute atomic E-state index is 0.0631. The number of imidazole rings is 1. The molecule has 3 heterocycles. The van der Waals surface area contributed by atoms with Crippen LogP contribution in [0.2, 0.25) is 5.02 Å². The molecule has 9 heteroatoms. The van der Waals surface area contributed by atoms with Crippen molar-refractivity contribution in [2.24, 2.45) is 0 Å². The van der Waals surface area contributed by atoms with Crippen LogP contribution in [0, 0.1) is 6.92 Å². The lowest BCUT2D eigenvalue weighted by Gasteiger charge is -2.24. The van der Waals surface area contributed by atoms with Crippen LogP contribution in [0.1, 0.15) is 17.9 Å².